The van der Waals surface area contributed by atoms with Crippen molar-refractivity contribution in [3.63, 3.8) is 0 Å². The van der Waals surface area contributed by atoms with Crippen LogP contribution in [0.2, 0.25) is 5.02 Å². The molecule has 1 unspecified atom stereocenters. The molecule has 1 atom stereocenters. The maximum absolute atomic E-state index is 12.7. The van der Waals surface area contributed by atoms with Crippen molar-refractivity contribution in [3.8, 4) is 0 Å². The quantitative estimate of drug-likeness (QED) is 0.823. The number of nitrogens with zero attached hydrogens (tertiary/aromatic N) is 2. The summed E-state index contributed by atoms with van der Waals surface area (Å²) in [4.78, 5) is 18.1. The lowest BCUT2D eigenvalue weighted by Gasteiger charge is -2.20. The van der Waals surface area contributed by atoms with Crippen LogP contribution in [0.1, 0.15) is 22.8 Å². The van der Waals surface area contributed by atoms with Crippen LogP contribution >= 0.6 is 11.6 Å². The van der Waals surface area contributed by atoms with E-state index in [4.69, 9.17) is 11.6 Å². The van der Waals surface area contributed by atoms with Gasteiger partial charge in [-0.15, -0.1) is 0 Å². The third kappa shape index (κ3) is 4.19. The molecule has 0 N–H and O–H groups in total. The fourth-order valence-electron chi connectivity index (χ4n) is 3.07. The lowest BCUT2D eigenvalue weighted by Crippen LogP contribution is -2.34. The summed E-state index contributed by atoms with van der Waals surface area (Å²) in [5, 5.41) is -0.219. The lowest BCUT2D eigenvalue weighted by atomic mass is 10.1. The number of aromatic nitrogens is 1. The molecular weight excluding hydrogens is 360 g/mol. The Kier molecular flexibility index (Phi) is 5.39. The van der Waals surface area contributed by atoms with Gasteiger partial charge in [0.2, 0.25) is 5.91 Å². The van der Waals surface area contributed by atoms with E-state index < -0.39 is 15.1 Å². The fraction of sp³-hybridized carbons (Fsp3) is 0.333. The first-order valence-corrected chi connectivity index (χ1v) is 10.2. The Morgan fingerprint density at radius 1 is 1.20 bits per heavy atom. The van der Waals surface area contributed by atoms with Crippen molar-refractivity contribution in [3.05, 3.63) is 64.9 Å². The van der Waals surface area contributed by atoms with Crippen LogP contribution in [-0.2, 0) is 21.1 Å². The number of halogens is 1. The van der Waals surface area contributed by atoms with Crippen molar-refractivity contribution >= 4 is 27.3 Å². The van der Waals surface area contributed by atoms with E-state index in [9.17, 15) is 13.2 Å². The minimum Gasteiger partial charge on any atom is -0.341 e. The molecule has 1 saturated heterocycles. The van der Waals surface area contributed by atoms with Crippen molar-refractivity contribution in [2.75, 3.05) is 18.8 Å². The van der Waals surface area contributed by atoms with Crippen molar-refractivity contribution in [1.82, 2.24) is 9.88 Å². The molecule has 0 aliphatic carbocycles. The molecule has 5 nitrogen and oxygen atoms in total. The van der Waals surface area contributed by atoms with Gasteiger partial charge in [0.05, 0.1) is 17.4 Å². The van der Waals surface area contributed by atoms with Crippen LogP contribution < -0.4 is 0 Å². The van der Waals surface area contributed by atoms with E-state index in [2.05, 4.69) is 4.98 Å². The molecule has 1 fully saturated rings. The molecular formula is C18H19ClN2O3S. The fourth-order valence-corrected chi connectivity index (χ4v) is 5.22. The van der Waals surface area contributed by atoms with Crippen LogP contribution in [0.15, 0.2) is 48.8 Å². The van der Waals surface area contributed by atoms with Crippen LogP contribution in [0.4, 0.5) is 0 Å². The van der Waals surface area contributed by atoms with Gasteiger partial charge in [-0.1, -0.05) is 35.9 Å². The van der Waals surface area contributed by atoms with Gasteiger partial charge in [-0.05, 0) is 29.7 Å². The summed E-state index contributed by atoms with van der Waals surface area (Å²) in [6.45, 7) is 0.608. The average Bonchev–Trinajstić information content (AvgIpc) is 2.75. The highest BCUT2D eigenvalue weighted by Gasteiger charge is 2.33. The predicted molar refractivity (Wildman–Crippen MR) is 97.1 cm³/mol. The smallest absolute Gasteiger partial charge is 0.227 e. The third-order valence-corrected chi connectivity index (χ3v) is 6.88. The Labute approximate surface area is 152 Å². The molecule has 0 radical (unpaired) electrons. The summed E-state index contributed by atoms with van der Waals surface area (Å²) in [6.07, 6.45) is 3.88. The van der Waals surface area contributed by atoms with Crippen LogP contribution in [0, 0.1) is 0 Å². The molecule has 132 valence electrons. The first-order valence-electron chi connectivity index (χ1n) is 8.10. The maximum Gasteiger partial charge on any atom is 0.227 e. The molecule has 1 aromatic carbocycles. The summed E-state index contributed by atoms with van der Waals surface area (Å²) in [5.41, 5.74) is 1.44. The largest absolute Gasteiger partial charge is 0.341 e. The monoisotopic (exact) mass is 378 g/mol. The van der Waals surface area contributed by atoms with Gasteiger partial charge in [-0.3, -0.25) is 9.78 Å². The minimum absolute atomic E-state index is 0.0539. The second-order valence-electron chi connectivity index (χ2n) is 6.08. The van der Waals surface area contributed by atoms with E-state index >= 15 is 0 Å². The van der Waals surface area contributed by atoms with Gasteiger partial charge < -0.3 is 4.90 Å². The normalized spacial score (nSPS) is 20.0. The Bertz CT molecular complexity index is 856. The number of hydrogen-bond donors (Lipinski definition) is 0. The van der Waals surface area contributed by atoms with Gasteiger partial charge in [-0.25, -0.2) is 8.42 Å². The molecule has 1 aromatic heterocycles. The summed E-state index contributed by atoms with van der Waals surface area (Å²) < 4.78 is 25.3. The Morgan fingerprint density at radius 2 is 2.00 bits per heavy atom. The van der Waals surface area contributed by atoms with Gasteiger partial charge in [-0.2, -0.15) is 0 Å². The first kappa shape index (κ1) is 17.9. The zero-order valence-corrected chi connectivity index (χ0v) is 15.2. The summed E-state index contributed by atoms with van der Waals surface area (Å²) in [5.74, 6) is -0.134. The Morgan fingerprint density at radius 3 is 2.72 bits per heavy atom. The second kappa shape index (κ2) is 7.54. The maximum atomic E-state index is 12.7. The highest BCUT2D eigenvalue weighted by Crippen LogP contribution is 2.33. The van der Waals surface area contributed by atoms with Gasteiger partial charge >= 0.3 is 0 Å². The van der Waals surface area contributed by atoms with Gasteiger partial charge in [0.25, 0.3) is 0 Å². The van der Waals surface area contributed by atoms with Crippen molar-refractivity contribution < 1.29 is 13.2 Å². The highest BCUT2D eigenvalue weighted by molar-refractivity contribution is 7.91. The topological polar surface area (TPSA) is 67.3 Å². The number of carbonyl (C=O) groups excluding carboxylic acids is 1. The van der Waals surface area contributed by atoms with Crippen molar-refractivity contribution in [1.29, 1.82) is 0 Å². The van der Waals surface area contributed by atoms with Crippen LogP contribution in [0.3, 0.4) is 0 Å². The number of hydrogen-bond acceptors (Lipinski definition) is 4. The molecule has 2 aromatic rings. The molecule has 0 bridgehead atoms. The van der Waals surface area contributed by atoms with E-state index in [0.717, 1.165) is 5.56 Å². The second-order valence-corrected chi connectivity index (χ2v) is 8.79. The van der Waals surface area contributed by atoms with E-state index in [-0.39, 0.29) is 24.6 Å². The summed E-state index contributed by atoms with van der Waals surface area (Å²) in [6, 6.07) is 10.6. The third-order valence-electron chi connectivity index (χ3n) is 4.42. The standard InChI is InChI=1S/C18H19ClN2O3S/c19-16-6-2-1-5-15(16)17-7-9-21(10-11-25(17,23)24)18(22)12-14-4-3-8-20-13-14/h1-6,8,13,17H,7,9-12H2. The van der Waals surface area contributed by atoms with E-state index in [1.165, 1.54) is 0 Å². The molecule has 3 rings (SSSR count). The highest BCUT2D eigenvalue weighted by atomic mass is 35.5. The lowest BCUT2D eigenvalue weighted by molar-refractivity contribution is -0.130. The molecule has 1 amide bonds. The van der Waals surface area contributed by atoms with Crippen LogP contribution in [0.25, 0.3) is 0 Å². The number of pyridine rings is 1. The van der Waals surface area contributed by atoms with E-state index in [0.29, 0.717) is 23.6 Å². The average molecular weight is 379 g/mol. The number of sulfone groups is 1. The van der Waals surface area contributed by atoms with Gasteiger partial charge in [0, 0.05) is 30.5 Å². The molecule has 0 spiro atoms. The first-order chi connectivity index (χ1) is 12.0. The zero-order valence-electron chi connectivity index (χ0n) is 13.6. The number of benzene rings is 1. The van der Waals surface area contributed by atoms with Crippen molar-refractivity contribution in [2.24, 2.45) is 0 Å². The molecule has 1 aliphatic rings. The molecule has 0 saturated carbocycles. The van der Waals surface area contributed by atoms with Crippen LogP contribution in [-0.4, -0.2) is 43.1 Å². The summed E-state index contributed by atoms with van der Waals surface area (Å²) >= 11 is 6.19. The van der Waals surface area contributed by atoms with Crippen molar-refractivity contribution in [2.45, 2.75) is 18.1 Å². The van der Waals surface area contributed by atoms with E-state index in [1.54, 1.807) is 47.6 Å². The SMILES string of the molecule is O=C(Cc1cccnc1)N1CCC(c2ccccc2Cl)S(=O)(=O)CC1. The van der Waals surface area contributed by atoms with E-state index in [1.807, 2.05) is 6.07 Å². The molecule has 25 heavy (non-hydrogen) atoms. The number of carbonyl (C=O) groups is 1. The number of rotatable bonds is 3. The molecule has 2 heterocycles. The molecule has 7 heteroatoms. The van der Waals surface area contributed by atoms with Crippen LogP contribution in [0.5, 0.6) is 0 Å². The van der Waals surface area contributed by atoms with Gasteiger partial charge in [0.15, 0.2) is 9.84 Å². The molecule has 1 aliphatic heterocycles. The Balaban J connectivity index is 1.76. The zero-order chi connectivity index (χ0) is 17.9. The predicted octanol–water partition coefficient (Wildman–Crippen LogP) is 2.67. The van der Waals surface area contributed by atoms with Gasteiger partial charge in [0.1, 0.15) is 0 Å². The number of amides is 1. The summed E-state index contributed by atoms with van der Waals surface area (Å²) in [7, 11) is -3.37. The minimum atomic E-state index is -3.37. The Hall–Kier alpha value is -1.92.